The average Bonchev–Trinajstić information content (AvgIpc) is 2.68. The van der Waals surface area contributed by atoms with Gasteiger partial charge in [-0.15, -0.1) is 0 Å². The van der Waals surface area contributed by atoms with Crippen molar-refractivity contribution in [1.29, 1.82) is 0 Å². The lowest BCUT2D eigenvalue weighted by Crippen LogP contribution is -2.38. The van der Waals surface area contributed by atoms with Crippen LogP contribution in [0.4, 0.5) is 0 Å². The Morgan fingerprint density at radius 1 is 1.04 bits per heavy atom. The zero-order chi connectivity index (χ0) is 20.4. The third-order valence-corrected chi connectivity index (χ3v) is 5.80. The van der Waals surface area contributed by atoms with Gasteiger partial charge < -0.3 is 10.6 Å². The van der Waals surface area contributed by atoms with Crippen molar-refractivity contribution in [2.24, 2.45) is 4.99 Å². The smallest absolute Gasteiger partial charge is 0.215 e. The molecule has 0 amide bonds. The predicted octanol–water partition coefficient (Wildman–Crippen LogP) is 2.69. The second-order valence-corrected chi connectivity index (χ2v) is 8.58. The molecule has 3 N–H and O–H groups in total. The predicted molar refractivity (Wildman–Crippen MR) is 116 cm³/mol. The normalized spacial score (nSPS) is 12.0. The molecule has 0 saturated heterocycles. The molecular formula is C20H27ClN4O2S. The number of rotatable bonds is 9. The fourth-order valence-electron chi connectivity index (χ4n) is 2.56. The summed E-state index contributed by atoms with van der Waals surface area (Å²) in [5.74, 6) is 0.704. The van der Waals surface area contributed by atoms with Crippen molar-refractivity contribution in [2.75, 3.05) is 20.1 Å². The third-order valence-electron chi connectivity index (χ3n) is 4.10. The molecule has 0 saturated carbocycles. The van der Waals surface area contributed by atoms with Crippen LogP contribution in [0.1, 0.15) is 23.6 Å². The van der Waals surface area contributed by atoms with E-state index < -0.39 is 10.0 Å². The molecule has 0 fully saturated rings. The molecule has 2 aromatic rings. The number of guanidine groups is 1. The molecule has 0 bridgehead atoms. The molecule has 2 aromatic carbocycles. The van der Waals surface area contributed by atoms with Gasteiger partial charge in [0.05, 0.1) is 12.3 Å². The third kappa shape index (κ3) is 7.50. The minimum Gasteiger partial charge on any atom is -0.357 e. The Morgan fingerprint density at radius 2 is 1.71 bits per heavy atom. The van der Waals surface area contributed by atoms with E-state index in [9.17, 15) is 8.42 Å². The van der Waals surface area contributed by atoms with Gasteiger partial charge in [-0.05, 0) is 43.1 Å². The summed E-state index contributed by atoms with van der Waals surface area (Å²) in [6.07, 6.45) is 0.804. The van der Waals surface area contributed by atoms with Crippen molar-refractivity contribution in [2.45, 2.75) is 25.6 Å². The maximum absolute atomic E-state index is 11.6. The molecule has 0 spiro atoms. The molecule has 6 nitrogen and oxygen atoms in total. The molecule has 152 valence electrons. The van der Waals surface area contributed by atoms with Crippen LogP contribution in [0, 0.1) is 0 Å². The number of nitrogens with one attached hydrogen (secondary N) is 3. The van der Waals surface area contributed by atoms with E-state index in [-0.39, 0.29) is 5.75 Å². The quantitative estimate of drug-likeness (QED) is 0.428. The fraction of sp³-hybridized carbons (Fsp3) is 0.350. The lowest BCUT2D eigenvalue weighted by atomic mass is 10.1. The Hall–Kier alpha value is -2.09. The first-order valence-electron chi connectivity index (χ1n) is 9.18. The van der Waals surface area contributed by atoms with Crippen LogP contribution in [0.25, 0.3) is 0 Å². The van der Waals surface area contributed by atoms with Crippen LogP contribution >= 0.6 is 11.6 Å². The first kappa shape index (κ1) is 22.2. The minimum atomic E-state index is -3.26. The maximum Gasteiger partial charge on any atom is 0.215 e. The molecule has 0 aliphatic heterocycles. The van der Waals surface area contributed by atoms with Gasteiger partial charge in [-0.25, -0.2) is 18.1 Å². The van der Waals surface area contributed by atoms with Gasteiger partial charge in [0.1, 0.15) is 0 Å². The van der Waals surface area contributed by atoms with E-state index >= 15 is 0 Å². The Balaban J connectivity index is 1.91. The van der Waals surface area contributed by atoms with Gasteiger partial charge in [0.25, 0.3) is 0 Å². The molecule has 28 heavy (non-hydrogen) atoms. The van der Waals surface area contributed by atoms with Gasteiger partial charge in [0.2, 0.25) is 10.0 Å². The highest BCUT2D eigenvalue weighted by Crippen LogP contribution is 2.14. The number of halogens is 1. The SMILES string of the molecule is CCNC(=NCc1ccc(CS(=O)(=O)NC)cc1)NCCc1ccccc1Cl. The number of hydrogen-bond acceptors (Lipinski definition) is 3. The Morgan fingerprint density at radius 3 is 2.36 bits per heavy atom. The van der Waals surface area contributed by atoms with E-state index in [1.165, 1.54) is 7.05 Å². The van der Waals surface area contributed by atoms with Crippen molar-refractivity contribution < 1.29 is 8.42 Å². The lowest BCUT2D eigenvalue weighted by Gasteiger charge is -2.12. The van der Waals surface area contributed by atoms with Crippen LogP contribution in [-0.4, -0.2) is 34.5 Å². The summed E-state index contributed by atoms with van der Waals surface area (Å²) in [4.78, 5) is 4.59. The van der Waals surface area contributed by atoms with Crippen LogP contribution in [0.2, 0.25) is 5.02 Å². The van der Waals surface area contributed by atoms with Crippen LogP contribution in [-0.2, 0) is 28.7 Å². The number of nitrogens with zero attached hydrogens (tertiary/aromatic N) is 1. The summed E-state index contributed by atoms with van der Waals surface area (Å²) in [5.41, 5.74) is 2.85. The van der Waals surface area contributed by atoms with Gasteiger partial charge in [-0.3, -0.25) is 0 Å². The minimum absolute atomic E-state index is 0.0285. The first-order chi connectivity index (χ1) is 13.4. The molecule has 0 aliphatic carbocycles. The lowest BCUT2D eigenvalue weighted by molar-refractivity contribution is 0.587. The summed E-state index contributed by atoms with van der Waals surface area (Å²) in [6, 6.07) is 15.2. The molecular weight excluding hydrogens is 396 g/mol. The van der Waals surface area contributed by atoms with Crippen molar-refractivity contribution in [3.05, 3.63) is 70.2 Å². The van der Waals surface area contributed by atoms with E-state index in [0.717, 1.165) is 47.2 Å². The Bertz CT molecular complexity index is 883. The van der Waals surface area contributed by atoms with Gasteiger partial charge >= 0.3 is 0 Å². The molecule has 8 heteroatoms. The summed E-state index contributed by atoms with van der Waals surface area (Å²) in [6.45, 7) is 4.00. The summed E-state index contributed by atoms with van der Waals surface area (Å²) >= 11 is 6.19. The van der Waals surface area contributed by atoms with Crippen molar-refractivity contribution in [3.63, 3.8) is 0 Å². The van der Waals surface area contributed by atoms with Crippen LogP contribution < -0.4 is 15.4 Å². The average molecular weight is 423 g/mol. The van der Waals surface area contributed by atoms with Crippen molar-refractivity contribution in [1.82, 2.24) is 15.4 Å². The van der Waals surface area contributed by atoms with Crippen LogP contribution in [0.5, 0.6) is 0 Å². The van der Waals surface area contributed by atoms with E-state index in [1.807, 2.05) is 55.5 Å². The van der Waals surface area contributed by atoms with E-state index in [1.54, 1.807) is 0 Å². The molecule has 0 atom stereocenters. The Kier molecular flexibility index (Phi) is 8.76. The van der Waals surface area contributed by atoms with Gasteiger partial charge in [-0.2, -0.15) is 0 Å². The number of benzene rings is 2. The van der Waals surface area contributed by atoms with Crippen LogP contribution in [0.15, 0.2) is 53.5 Å². The second kappa shape index (κ2) is 11.0. The summed E-state index contributed by atoms with van der Waals surface area (Å²) in [5, 5.41) is 7.30. The highest BCUT2D eigenvalue weighted by molar-refractivity contribution is 7.88. The second-order valence-electron chi connectivity index (χ2n) is 6.24. The van der Waals surface area contributed by atoms with Crippen molar-refractivity contribution in [3.8, 4) is 0 Å². The molecule has 2 rings (SSSR count). The van der Waals surface area contributed by atoms with Gasteiger partial charge in [0.15, 0.2) is 5.96 Å². The highest BCUT2D eigenvalue weighted by atomic mass is 35.5. The fourth-order valence-corrected chi connectivity index (χ4v) is 3.57. The molecule has 0 aromatic heterocycles. The number of sulfonamides is 1. The topological polar surface area (TPSA) is 82.6 Å². The van der Waals surface area contributed by atoms with Crippen LogP contribution in [0.3, 0.4) is 0 Å². The van der Waals surface area contributed by atoms with Gasteiger partial charge in [0, 0.05) is 18.1 Å². The summed E-state index contributed by atoms with van der Waals surface area (Å²) < 4.78 is 25.5. The van der Waals surface area contributed by atoms with E-state index in [4.69, 9.17) is 11.6 Å². The number of aliphatic imine (C=N–C) groups is 1. The Labute approximate surface area is 172 Å². The molecule has 0 radical (unpaired) electrons. The maximum atomic E-state index is 11.6. The monoisotopic (exact) mass is 422 g/mol. The standard InChI is InChI=1S/C20H27ClN4O2S/c1-3-23-20(24-13-12-18-6-4-5-7-19(18)21)25-14-16-8-10-17(11-9-16)15-28(26,27)22-2/h4-11,22H,3,12-15H2,1-2H3,(H2,23,24,25). The largest absolute Gasteiger partial charge is 0.357 e. The molecule has 0 unspecified atom stereocenters. The van der Waals surface area contributed by atoms with Crippen molar-refractivity contribution >= 4 is 27.6 Å². The number of hydrogen-bond donors (Lipinski definition) is 3. The zero-order valence-electron chi connectivity index (χ0n) is 16.2. The molecule has 0 heterocycles. The van der Waals surface area contributed by atoms with Gasteiger partial charge in [-0.1, -0.05) is 54.1 Å². The molecule has 0 aliphatic rings. The van der Waals surface area contributed by atoms with E-state index in [2.05, 4.69) is 20.3 Å². The highest BCUT2D eigenvalue weighted by Gasteiger charge is 2.08. The summed E-state index contributed by atoms with van der Waals surface area (Å²) in [7, 11) is -1.85. The van der Waals surface area contributed by atoms with E-state index in [0.29, 0.717) is 6.54 Å². The zero-order valence-corrected chi connectivity index (χ0v) is 17.8. The first-order valence-corrected chi connectivity index (χ1v) is 11.2.